The molecule has 4 unspecified atom stereocenters. The number of fused-ring (bicyclic) bond motifs is 2. The molecule has 2 nitrogen and oxygen atoms in total. The molecule has 0 amide bonds. The van der Waals surface area contributed by atoms with Gasteiger partial charge in [0.05, 0.1) is 0 Å². The first-order valence-electron chi connectivity index (χ1n) is 7.68. The van der Waals surface area contributed by atoms with E-state index < -0.39 is 0 Å². The predicted octanol–water partition coefficient (Wildman–Crippen LogP) is 3.03. The fourth-order valence-electron chi connectivity index (χ4n) is 3.97. The Bertz CT molecular complexity index is 227. The molecular weight excluding hydrogens is 208 g/mol. The number of hydrogen-bond acceptors (Lipinski definition) is 2. The molecule has 0 aromatic carbocycles. The summed E-state index contributed by atoms with van der Waals surface area (Å²) >= 11 is 0. The molecule has 17 heavy (non-hydrogen) atoms. The van der Waals surface area contributed by atoms with Gasteiger partial charge in [0.1, 0.15) is 0 Å². The zero-order valence-electron chi connectivity index (χ0n) is 12.1. The zero-order valence-corrected chi connectivity index (χ0v) is 12.1. The van der Waals surface area contributed by atoms with Crippen LogP contribution >= 0.6 is 0 Å². The van der Waals surface area contributed by atoms with Gasteiger partial charge in [-0.3, -0.25) is 4.90 Å². The van der Waals surface area contributed by atoms with Crippen molar-refractivity contribution < 1.29 is 0 Å². The van der Waals surface area contributed by atoms with E-state index in [1.54, 1.807) is 0 Å². The Balaban J connectivity index is 1.98. The van der Waals surface area contributed by atoms with Crippen molar-refractivity contribution in [3.63, 3.8) is 0 Å². The van der Waals surface area contributed by atoms with Crippen molar-refractivity contribution in [1.29, 1.82) is 0 Å². The van der Waals surface area contributed by atoms with Gasteiger partial charge in [0.2, 0.25) is 0 Å². The number of nitrogens with one attached hydrogen (secondary N) is 1. The van der Waals surface area contributed by atoms with E-state index in [1.165, 1.54) is 32.1 Å². The average Bonchev–Trinajstić information content (AvgIpc) is 2.59. The van der Waals surface area contributed by atoms with Crippen LogP contribution in [0.3, 0.4) is 0 Å². The molecule has 2 bridgehead atoms. The Morgan fingerprint density at radius 3 is 2.18 bits per heavy atom. The SMILES string of the molecule is CCNC1CC2CCC(C1)N2C(C)C(C)CC. The zero-order chi connectivity index (χ0) is 12.4. The highest BCUT2D eigenvalue weighted by molar-refractivity contribution is 4.99. The minimum atomic E-state index is 0.778. The fraction of sp³-hybridized carbons (Fsp3) is 1.00. The first kappa shape index (κ1) is 13.4. The lowest BCUT2D eigenvalue weighted by atomic mass is 9.91. The molecule has 2 aliphatic rings. The van der Waals surface area contributed by atoms with Crippen molar-refractivity contribution in [3.05, 3.63) is 0 Å². The summed E-state index contributed by atoms with van der Waals surface area (Å²) in [4.78, 5) is 2.86. The van der Waals surface area contributed by atoms with Gasteiger partial charge in [0.15, 0.2) is 0 Å². The van der Waals surface area contributed by atoms with Crippen LogP contribution in [0, 0.1) is 5.92 Å². The predicted molar refractivity (Wildman–Crippen MR) is 74.3 cm³/mol. The molecule has 2 saturated heterocycles. The molecule has 2 heteroatoms. The Morgan fingerprint density at radius 2 is 1.71 bits per heavy atom. The molecule has 100 valence electrons. The van der Waals surface area contributed by atoms with Gasteiger partial charge in [-0.25, -0.2) is 0 Å². The van der Waals surface area contributed by atoms with E-state index in [4.69, 9.17) is 0 Å². The van der Waals surface area contributed by atoms with Crippen LogP contribution in [0.2, 0.25) is 0 Å². The van der Waals surface area contributed by atoms with Crippen LogP contribution in [0.4, 0.5) is 0 Å². The second kappa shape index (κ2) is 5.71. The van der Waals surface area contributed by atoms with E-state index >= 15 is 0 Å². The summed E-state index contributed by atoms with van der Waals surface area (Å²) in [7, 11) is 0. The smallest absolute Gasteiger partial charge is 0.0116 e. The number of rotatable bonds is 5. The lowest BCUT2D eigenvalue weighted by Crippen LogP contribution is -2.53. The highest BCUT2D eigenvalue weighted by Gasteiger charge is 2.43. The minimum Gasteiger partial charge on any atom is -0.314 e. The van der Waals surface area contributed by atoms with E-state index in [2.05, 4.69) is 37.9 Å². The van der Waals surface area contributed by atoms with Crippen LogP contribution in [0.25, 0.3) is 0 Å². The molecule has 2 rings (SSSR count). The largest absolute Gasteiger partial charge is 0.314 e. The summed E-state index contributed by atoms with van der Waals surface area (Å²) in [6.45, 7) is 10.6. The highest BCUT2D eigenvalue weighted by Crippen LogP contribution is 2.38. The molecular formula is C15H30N2. The average molecular weight is 238 g/mol. The fourth-order valence-corrected chi connectivity index (χ4v) is 3.97. The minimum absolute atomic E-state index is 0.778. The van der Waals surface area contributed by atoms with Gasteiger partial charge < -0.3 is 5.32 Å². The highest BCUT2D eigenvalue weighted by atomic mass is 15.3. The third kappa shape index (κ3) is 2.68. The lowest BCUT2D eigenvalue weighted by molar-refractivity contribution is 0.0525. The van der Waals surface area contributed by atoms with Crippen LogP contribution in [0.1, 0.15) is 59.8 Å². The summed E-state index contributed by atoms with van der Waals surface area (Å²) in [5, 5.41) is 3.66. The Kier molecular flexibility index (Phi) is 4.48. The van der Waals surface area contributed by atoms with E-state index in [1.807, 2.05) is 0 Å². The van der Waals surface area contributed by atoms with Gasteiger partial charge in [0.25, 0.3) is 0 Å². The van der Waals surface area contributed by atoms with Crippen LogP contribution in [0.5, 0.6) is 0 Å². The molecule has 0 spiro atoms. The standard InChI is InChI=1S/C15H30N2/c1-5-11(3)12(4)17-14-7-8-15(17)10-13(9-14)16-6-2/h11-16H,5-10H2,1-4H3. The molecule has 2 aliphatic heterocycles. The van der Waals surface area contributed by atoms with Crippen molar-refractivity contribution in [3.8, 4) is 0 Å². The van der Waals surface area contributed by atoms with Gasteiger partial charge >= 0.3 is 0 Å². The summed E-state index contributed by atoms with van der Waals surface area (Å²) in [6, 6.07) is 3.29. The first-order valence-corrected chi connectivity index (χ1v) is 7.68. The third-order valence-electron chi connectivity index (χ3n) is 5.22. The molecule has 0 aromatic rings. The van der Waals surface area contributed by atoms with Crippen molar-refractivity contribution in [1.82, 2.24) is 10.2 Å². The van der Waals surface area contributed by atoms with Gasteiger partial charge in [-0.1, -0.05) is 27.2 Å². The molecule has 0 radical (unpaired) electrons. The Labute approximate surface area is 107 Å². The maximum absolute atomic E-state index is 3.66. The summed E-state index contributed by atoms with van der Waals surface area (Å²) in [6.07, 6.45) is 6.95. The van der Waals surface area contributed by atoms with Gasteiger partial charge in [0, 0.05) is 24.2 Å². The van der Waals surface area contributed by atoms with Crippen LogP contribution in [-0.2, 0) is 0 Å². The Hall–Kier alpha value is -0.0800. The van der Waals surface area contributed by atoms with Crippen molar-refractivity contribution in [2.75, 3.05) is 6.54 Å². The second-order valence-corrected chi connectivity index (χ2v) is 6.18. The molecule has 1 N–H and O–H groups in total. The van der Waals surface area contributed by atoms with Crippen LogP contribution in [0.15, 0.2) is 0 Å². The molecule has 2 heterocycles. The topological polar surface area (TPSA) is 15.3 Å². The van der Waals surface area contributed by atoms with Crippen molar-refractivity contribution in [2.45, 2.75) is 84.0 Å². The summed E-state index contributed by atoms with van der Waals surface area (Å²) in [5.74, 6) is 0.841. The van der Waals surface area contributed by atoms with Crippen molar-refractivity contribution in [2.24, 2.45) is 5.92 Å². The van der Waals surface area contributed by atoms with Gasteiger partial charge in [-0.2, -0.15) is 0 Å². The maximum Gasteiger partial charge on any atom is 0.0116 e. The van der Waals surface area contributed by atoms with Gasteiger partial charge in [-0.15, -0.1) is 0 Å². The normalized spacial score (nSPS) is 37.1. The maximum atomic E-state index is 3.66. The first-order chi connectivity index (χ1) is 8.17. The molecule has 4 atom stereocenters. The quantitative estimate of drug-likeness (QED) is 0.792. The molecule has 0 aromatic heterocycles. The van der Waals surface area contributed by atoms with Crippen LogP contribution in [-0.4, -0.2) is 35.6 Å². The number of piperidine rings is 1. The number of nitrogens with zero attached hydrogens (tertiary/aromatic N) is 1. The number of hydrogen-bond donors (Lipinski definition) is 1. The molecule has 2 fully saturated rings. The molecule has 0 aliphatic carbocycles. The van der Waals surface area contributed by atoms with Crippen molar-refractivity contribution >= 4 is 0 Å². The second-order valence-electron chi connectivity index (χ2n) is 6.18. The van der Waals surface area contributed by atoms with E-state index in [0.29, 0.717) is 0 Å². The lowest BCUT2D eigenvalue weighted by Gasteiger charge is -2.44. The van der Waals surface area contributed by atoms with E-state index in [0.717, 1.165) is 36.6 Å². The Morgan fingerprint density at radius 1 is 1.12 bits per heavy atom. The monoisotopic (exact) mass is 238 g/mol. The third-order valence-corrected chi connectivity index (χ3v) is 5.22. The van der Waals surface area contributed by atoms with E-state index in [9.17, 15) is 0 Å². The summed E-state index contributed by atoms with van der Waals surface area (Å²) < 4.78 is 0. The summed E-state index contributed by atoms with van der Waals surface area (Å²) in [5.41, 5.74) is 0. The van der Waals surface area contributed by atoms with E-state index in [-0.39, 0.29) is 0 Å². The van der Waals surface area contributed by atoms with Crippen LogP contribution < -0.4 is 5.32 Å². The van der Waals surface area contributed by atoms with Gasteiger partial charge in [-0.05, 0) is 45.1 Å². The molecule has 0 saturated carbocycles.